The van der Waals surface area contributed by atoms with Gasteiger partial charge in [0.2, 0.25) is 0 Å². The van der Waals surface area contributed by atoms with Crippen molar-refractivity contribution in [2.75, 3.05) is 0 Å². The first-order valence-corrected chi connectivity index (χ1v) is 5.93. The summed E-state index contributed by atoms with van der Waals surface area (Å²) in [6.45, 7) is 0.427. The second-order valence-corrected chi connectivity index (χ2v) is 4.57. The quantitative estimate of drug-likeness (QED) is 0.853. The summed E-state index contributed by atoms with van der Waals surface area (Å²) in [5.74, 6) is 0. The highest BCUT2D eigenvalue weighted by Gasteiger charge is 2.01. The lowest BCUT2D eigenvalue weighted by atomic mass is 10.4. The molecule has 82 valence electrons. The fourth-order valence-corrected chi connectivity index (χ4v) is 2.03. The largest absolute Gasteiger partial charge is 0.325 e. The molecular weight excluding hydrogens is 242 g/mol. The first kappa shape index (κ1) is 11.4. The van der Waals surface area contributed by atoms with Crippen LogP contribution >= 0.6 is 23.4 Å². The Morgan fingerprint density at radius 1 is 1.19 bits per heavy atom. The van der Waals surface area contributed by atoms with Crippen molar-refractivity contribution in [2.45, 2.75) is 16.6 Å². The molecule has 0 unspecified atom stereocenters. The van der Waals surface area contributed by atoms with Gasteiger partial charge in [0, 0.05) is 22.7 Å². The highest BCUT2D eigenvalue weighted by Crippen LogP contribution is 2.25. The van der Waals surface area contributed by atoms with Gasteiger partial charge in [-0.2, -0.15) is 0 Å². The SMILES string of the molecule is NCc1ccnc(Sc2ccc(Cl)cc2)n1. The van der Waals surface area contributed by atoms with E-state index < -0.39 is 0 Å². The van der Waals surface area contributed by atoms with E-state index in [1.807, 2.05) is 30.3 Å². The van der Waals surface area contributed by atoms with Gasteiger partial charge < -0.3 is 5.73 Å². The van der Waals surface area contributed by atoms with Crippen molar-refractivity contribution < 1.29 is 0 Å². The van der Waals surface area contributed by atoms with Gasteiger partial charge in [0.15, 0.2) is 5.16 Å². The zero-order valence-corrected chi connectivity index (χ0v) is 10.0. The van der Waals surface area contributed by atoms with Gasteiger partial charge in [-0.05, 0) is 42.1 Å². The summed E-state index contributed by atoms with van der Waals surface area (Å²) >= 11 is 7.29. The molecule has 0 aliphatic heterocycles. The molecule has 0 spiro atoms. The predicted molar refractivity (Wildman–Crippen MR) is 65.5 cm³/mol. The summed E-state index contributed by atoms with van der Waals surface area (Å²) in [5, 5.41) is 1.42. The Morgan fingerprint density at radius 3 is 2.62 bits per heavy atom. The average Bonchev–Trinajstić information content (AvgIpc) is 2.32. The Morgan fingerprint density at radius 2 is 1.94 bits per heavy atom. The van der Waals surface area contributed by atoms with Gasteiger partial charge in [-0.3, -0.25) is 0 Å². The smallest absolute Gasteiger partial charge is 0.192 e. The lowest BCUT2D eigenvalue weighted by Crippen LogP contribution is -2.00. The highest BCUT2D eigenvalue weighted by molar-refractivity contribution is 7.99. The van der Waals surface area contributed by atoms with Crippen LogP contribution in [0.2, 0.25) is 5.02 Å². The van der Waals surface area contributed by atoms with Gasteiger partial charge in [-0.15, -0.1) is 0 Å². The third kappa shape index (κ3) is 2.95. The molecule has 3 nitrogen and oxygen atoms in total. The van der Waals surface area contributed by atoms with Crippen LogP contribution < -0.4 is 5.73 Å². The predicted octanol–water partition coefficient (Wildman–Crippen LogP) is 2.74. The molecule has 1 aromatic carbocycles. The summed E-state index contributed by atoms with van der Waals surface area (Å²) in [7, 11) is 0. The molecule has 0 aliphatic rings. The molecule has 0 aliphatic carbocycles. The summed E-state index contributed by atoms with van der Waals surface area (Å²) in [6, 6.07) is 9.37. The third-order valence-corrected chi connectivity index (χ3v) is 3.06. The molecule has 0 fully saturated rings. The topological polar surface area (TPSA) is 51.8 Å². The molecule has 1 heterocycles. The second kappa shape index (κ2) is 5.30. The number of aromatic nitrogens is 2. The first-order valence-electron chi connectivity index (χ1n) is 4.73. The standard InChI is InChI=1S/C11H10ClN3S/c12-8-1-3-10(4-2-8)16-11-14-6-5-9(7-13)15-11/h1-6H,7,13H2. The molecule has 0 atom stereocenters. The Bertz CT molecular complexity index is 473. The minimum absolute atomic E-state index is 0.427. The number of nitrogens with two attached hydrogens (primary N) is 1. The second-order valence-electron chi connectivity index (χ2n) is 3.09. The number of hydrogen-bond donors (Lipinski definition) is 1. The van der Waals surface area contributed by atoms with Crippen LogP contribution in [0.15, 0.2) is 46.6 Å². The summed E-state index contributed by atoms with van der Waals surface area (Å²) < 4.78 is 0. The number of hydrogen-bond acceptors (Lipinski definition) is 4. The number of nitrogens with zero attached hydrogens (tertiary/aromatic N) is 2. The number of benzene rings is 1. The van der Waals surface area contributed by atoms with Crippen LogP contribution in [0.3, 0.4) is 0 Å². The molecule has 0 amide bonds. The van der Waals surface area contributed by atoms with Gasteiger partial charge in [0.1, 0.15) is 0 Å². The van der Waals surface area contributed by atoms with E-state index in [-0.39, 0.29) is 0 Å². The van der Waals surface area contributed by atoms with Crippen LogP contribution in [0.4, 0.5) is 0 Å². The van der Waals surface area contributed by atoms with E-state index in [1.165, 1.54) is 11.8 Å². The lowest BCUT2D eigenvalue weighted by Gasteiger charge is -2.01. The minimum Gasteiger partial charge on any atom is -0.325 e. The Hall–Kier alpha value is -1.10. The Balaban J connectivity index is 2.16. The van der Waals surface area contributed by atoms with Crippen molar-refractivity contribution in [3.05, 3.63) is 47.2 Å². The number of rotatable bonds is 3. The van der Waals surface area contributed by atoms with Gasteiger partial charge in [0.05, 0.1) is 5.69 Å². The van der Waals surface area contributed by atoms with Crippen molar-refractivity contribution in [1.29, 1.82) is 0 Å². The van der Waals surface area contributed by atoms with Gasteiger partial charge in [-0.1, -0.05) is 11.6 Å². The molecule has 2 aromatic rings. The maximum atomic E-state index is 5.81. The fraction of sp³-hybridized carbons (Fsp3) is 0.0909. The van der Waals surface area contributed by atoms with E-state index >= 15 is 0 Å². The highest BCUT2D eigenvalue weighted by atomic mass is 35.5. The first-order chi connectivity index (χ1) is 7.78. The van der Waals surface area contributed by atoms with Crippen LogP contribution in [-0.4, -0.2) is 9.97 Å². The number of halogens is 1. The van der Waals surface area contributed by atoms with Crippen LogP contribution in [-0.2, 0) is 6.54 Å². The zero-order valence-electron chi connectivity index (χ0n) is 8.43. The van der Waals surface area contributed by atoms with Crippen LogP contribution in [0.5, 0.6) is 0 Å². The molecule has 0 radical (unpaired) electrons. The maximum absolute atomic E-state index is 5.81. The fourth-order valence-electron chi connectivity index (χ4n) is 1.15. The molecular formula is C11H10ClN3S. The van der Waals surface area contributed by atoms with E-state index in [9.17, 15) is 0 Å². The normalized spacial score (nSPS) is 10.4. The Kier molecular flexibility index (Phi) is 3.77. The summed E-state index contributed by atoms with van der Waals surface area (Å²) in [5.41, 5.74) is 6.35. The molecule has 5 heteroatoms. The summed E-state index contributed by atoms with van der Waals surface area (Å²) in [6.07, 6.45) is 1.72. The van der Waals surface area contributed by atoms with Crippen LogP contribution in [0, 0.1) is 0 Å². The zero-order chi connectivity index (χ0) is 11.4. The Labute approximate surface area is 103 Å². The van der Waals surface area contributed by atoms with E-state index in [1.54, 1.807) is 6.20 Å². The molecule has 0 saturated heterocycles. The van der Waals surface area contributed by atoms with Crippen LogP contribution in [0.1, 0.15) is 5.69 Å². The van der Waals surface area contributed by atoms with Crippen molar-refractivity contribution in [3.8, 4) is 0 Å². The minimum atomic E-state index is 0.427. The maximum Gasteiger partial charge on any atom is 0.192 e. The van der Waals surface area contributed by atoms with Crippen molar-refractivity contribution in [2.24, 2.45) is 5.73 Å². The van der Waals surface area contributed by atoms with E-state index in [0.717, 1.165) is 15.6 Å². The molecule has 0 saturated carbocycles. The van der Waals surface area contributed by atoms with Crippen molar-refractivity contribution >= 4 is 23.4 Å². The third-order valence-electron chi connectivity index (χ3n) is 1.92. The van der Waals surface area contributed by atoms with Crippen molar-refractivity contribution in [1.82, 2.24) is 9.97 Å². The molecule has 0 bridgehead atoms. The summed E-state index contributed by atoms with van der Waals surface area (Å²) in [4.78, 5) is 9.53. The van der Waals surface area contributed by atoms with E-state index in [4.69, 9.17) is 17.3 Å². The van der Waals surface area contributed by atoms with E-state index in [2.05, 4.69) is 9.97 Å². The van der Waals surface area contributed by atoms with Gasteiger partial charge >= 0.3 is 0 Å². The lowest BCUT2D eigenvalue weighted by molar-refractivity contribution is 0.874. The van der Waals surface area contributed by atoms with Crippen molar-refractivity contribution in [3.63, 3.8) is 0 Å². The van der Waals surface area contributed by atoms with E-state index in [0.29, 0.717) is 11.7 Å². The van der Waals surface area contributed by atoms with Gasteiger partial charge in [0.25, 0.3) is 0 Å². The molecule has 2 rings (SSSR count). The monoisotopic (exact) mass is 251 g/mol. The molecule has 16 heavy (non-hydrogen) atoms. The molecule has 1 aromatic heterocycles. The molecule has 2 N–H and O–H groups in total. The van der Waals surface area contributed by atoms with Crippen LogP contribution in [0.25, 0.3) is 0 Å². The van der Waals surface area contributed by atoms with Gasteiger partial charge in [-0.25, -0.2) is 9.97 Å². The average molecular weight is 252 g/mol.